The van der Waals surface area contributed by atoms with Gasteiger partial charge in [0.2, 0.25) is 0 Å². The molecular weight excluding hydrogens is 228 g/mol. The molecule has 0 bridgehead atoms. The van der Waals surface area contributed by atoms with Gasteiger partial charge in [0, 0.05) is 40.6 Å². The summed E-state index contributed by atoms with van der Waals surface area (Å²) in [6.45, 7) is 1.79. The number of carbonyl (C=O) groups excluding carboxylic acids is 1. The first-order valence-electron chi connectivity index (χ1n) is 6.24. The van der Waals surface area contributed by atoms with Gasteiger partial charge in [-0.2, -0.15) is 0 Å². The normalized spacial score (nSPS) is 14.7. The van der Waals surface area contributed by atoms with E-state index in [0.717, 1.165) is 29.5 Å². The van der Waals surface area contributed by atoms with Crippen molar-refractivity contribution in [3.63, 3.8) is 0 Å². The van der Waals surface area contributed by atoms with Crippen molar-refractivity contribution >= 4 is 16.7 Å². The first-order valence-corrected chi connectivity index (χ1v) is 6.24. The van der Waals surface area contributed by atoms with Crippen LogP contribution in [0.4, 0.5) is 0 Å². The van der Waals surface area contributed by atoms with Gasteiger partial charge in [0.15, 0.2) is 5.78 Å². The zero-order chi connectivity index (χ0) is 12.5. The predicted molar refractivity (Wildman–Crippen MR) is 69.7 cm³/mol. The molecule has 3 rings (SSSR count). The lowest BCUT2D eigenvalue weighted by Gasteiger charge is -2.11. The number of fused-ring (bicyclic) bond motifs is 3. The van der Waals surface area contributed by atoms with Crippen molar-refractivity contribution in [2.75, 3.05) is 13.2 Å². The number of carbonyl (C=O) groups is 1. The lowest BCUT2D eigenvalue weighted by atomic mass is 10.0. The number of ketones is 1. The summed E-state index contributed by atoms with van der Waals surface area (Å²) < 4.78 is 5.49. The summed E-state index contributed by atoms with van der Waals surface area (Å²) in [5, 5.41) is 1.10. The standard InChI is InChI=1S/C14H16N2O2/c15-5-3-14(17)9-1-2-12-10(7-9)11-8-18-6-4-13(11)16-12/h1-2,7,16H,3-6,8,15H2. The van der Waals surface area contributed by atoms with E-state index in [4.69, 9.17) is 10.5 Å². The SMILES string of the molecule is NCCC(=O)c1ccc2[nH]c3c(c2c1)COCC3. The van der Waals surface area contributed by atoms with E-state index < -0.39 is 0 Å². The van der Waals surface area contributed by atoms with Crippen molar-refractivity contribution < 1.29 is 9.53 Å². The van der Waals surface area contributed by atoms with Gasteiger partial charge in [-0.25, -0.2) is 0 Å². The zero-order valence-corrected chi connectivity index (χ0v) is 10.2. The molecule has 4 nitrogen and oxygen atoms in total. The predicted octanol–water partition coefficient (Wildman–Crippen LogP) is 1.77. The molecule has 2 heterocycles. The molecular formula is C14H16N2O2. The quantitative estimate of drug-likeness (QED) is 0.808. The van der Waals surface area contributed by atoms with E-state index in [-0.39, 0.29) is 5.78 Å². The molecule has 94 valence electrons. The molecule has 1 aliphatic rings. The summed E-state index contributed by atoms with van der Waals surface area (Å²) >= 11 is 0. The summed E-state index contributed by atoms with van der Waals surface area (Å²) in [4.78, 5) is 15.3. The minimum atomic E-state index is 0.103. The fourth-order valence-corrected chi connectivity index (χ4v) is 2.48. The Bertz CT molecular complexity index is 601. The number of ether oxygens (including phenoxy) is 1. The largest absolute Gasteiger partial charge is 0.376 e. The van der Waals surface area contributed by atoms with Crippen molar-refractivity contribution in [3.8, 4) is 0 Å². The van der Waals surface area contributed by atoms with E-state index in [9.17, 15) is 4.79 Å². The molecule has 0 atom stereocenters. The van der Waals surface area contributed by atoms with Gasteiger partial charge in [0.25, 0.3) is 0 Å². The Labute approximate surface area is 105 Å². The number of benzene rings is 1. The van der Waals surface area contributed by atoms with Gasteiger partial charge in [-0.05, 0) is 24.7 Å². The van der Waals surface area contributed by atoms with Crippen LogP contribution in [0.3, 0.4) is 0 Å². The average Bonchev–Trinajstić information content (AvgIpc) is 2.76. The monoisotopic (exact) mass is 244 g/mol. The molecule has 0 fully saturated rings. The molecule has 1 aliphatic heterocycles. The third kappa shape index (κ3) is 1.83. The van der Waals surface area contributed by atoms with Gasteiger partial charge in [0.1, 0.15) is 0 Å². The van der Waals surface area contributed by atoms with E-state index in [1.165, 1.54) is 11.3 Å². The van der Waals surface area contributed by atoms with Gasteiger partial charge in [-0.3, -0.25) is 4.79 Å². The van der Waals surface area contributed by atoms with Crippen LogP contribution in [0.1, 0.15) is 28.0 Å². The third-order valence-corrected chi connectivity index (χ3v) is 3.43. The highest BCUT2D eigenvalue weighted by molar-refractivity contribution is 6.00. The van der Waals surface area contributed by atoms with Crippen molar-refractivity contribution in [1.82, 2.24) is 4.98 Å². The number of aromatic nitrogens is 1. The molecule has 0 saturated heterocycles. The van der Waals surface area contributed by atoms with Gasteiger partial charge >= 0.3 is 0 Å². The maximum absolute atomic E-state index is 11.9. The van der Waals surface area contributed by atoms with Crippen molar-refractivity contribution in [2.24, 2.45) is 5.73 Å². The van der Waals surface area contributed by atoms with Crippen LogP contribution in [-0.2, 0) is 17.8 Å². The zero-order valence-electron chi connectivity index (χ0n) is 10.2. The van der Waals surface area contributed by atoms with Gasteiger partial charge in [0.05, 0.1) is 13.2 Å². The number of aromatic amines is 1. The van der Waals surface area contributed by atoms with E-state index >= 15 is 0 Å². The van der Waals surface area contributed by atoms with Crippen LogP contribution >= 0.6 is 0 Å². The fraction of sp³-hybridized carbons (Fsp3) is 0.357. The van der Waals surface area contributed by atoms with Crippen LogP contribution in [-0.4, -0.2) is 23.9 Å². The molecule has 18 heavy (non-hydrogen) atoms. The molecule has 0 spiro atoms. The highest BCUT2D eigenvalue weighted by Gasteiger charge is 2.16. The van der Waals surface area contributed by atoms with Crippen LogP contribution < -0.4 is 5.73 Å². The number of nitrogens with one attached hydrogen (secondary N) is 1. The van der Waals surface area contributed by atoms with Crippen molar-refractivity contribution in [1.29, 1.82) is 0 Å². The topological polar surface area (TPSA) is 68.1 Å². The van der Waals surface area contributed by atoms with E-state index in [1.807, 2.05) is 18.2 Å². The van der Waals surface area contributed by atoms with Crippen LogP contribution in [0.5, 0.6) is 0 Å². The van der Waals surface area contributed by atoms with Gasteiger partial charge in [-0.15, -0.1) is 0 Å². The number of rotatable bonds is 3. The van der Waals surface area contributed by atoms with Crippen LogP contribution in [0.25, 0.3) is 10.9 Å². The van der Waals surface area contributed by atoms with Gasteiger partial charge in [-0.1, -0.05) is 0 Å². The number of hydrogen-bond donors (Lipinski definition) is 2. The molecule has 1 aromatic carbocycles. The van der Waals surface area contributed by atoms with E-state index in [0.29, 0.717) is 19.6 Å². The minimum absolute atomic E-state index is 0.103. The first kappa shape index (κ1) is 11.4. The number of H-pyrrole nitrogens is 1. The average molecular weight is 244 g/mol. The summed E-state index contributed by atoms with van der Waals surface area (Å²) in [6, 6.07) is 5.79. The maximum Gasteiger partial charge on any atom is 0.164 e. The molecule has 4 heteroatoms. The fourth-order valence-electron chi connectivity index (χ4n) is 2.48. The molecule has 1 aromatic heterocycles. The van der Waals surface area contributed by atoms with Crippen LogP contribution in [0, 0.1) is 0 Å². The van der Waals surface area contributed by atoms with E-state index in [2.05, 4.69) is 4.98 Å². The Kier molecular flexibility index (Phi) is 2.89. The minimum Gasteiger partial charge on any atom is -0.376 e. The molecule has 0 saturated carbocycles. The Balaban J connectivity index is 2.08. The number of Topliss-reactive ketones (excluding diaryl/α,β-unsaturated/α-hetero) is 1. The molecule has 0 aliphatic carbocycles. The maximum atomic E-state index is 11.9. The van der Waals surface area contributed by atoms with Crippen LogP contribution in [0.15, 0.2) is 18.2 Å². The lowest BCUT2D eigenvalue weighted by molar-refractivity contribution is 0.0985. The highest BCUT2D eigenvalue weighted by atomic mass is 16.5. The summed E-state index contributed by atoms with van der Waals surface area (Å²) in [7, 11) is 0. The van der Waals surface area contributed by atoms with Crippen molar-refractivity contribution in [2.45, 2.75) is 19.4 Å². The van der Waals surface area contributed by atoms with Crippen molar-refractivity contribution in [3.05, 3.63) is 35.0 Å². The molecule has 0 radical (unpaired) electrons. The Morgan fingerprint density at radius 2 is 2.33 bits per heavy atom. The Hall–Kier alpha value is -1.65. The molecule has 0 amide bonds. The molecule has 2 aromatic rings. The Morgan fingerprint density at radius 3 is 3.17 bits per heavy atom. The molecule has 3 N–H and O–H groups in total. The lowest BCUT2D eigenvalue weighted by Crippen LogP contribution is -2.09. The first-order chi connectivity index (χ1) is 8.79. The summed E-state index contributed by atoms with van der Waals surface area (Å²) in [5.74, 6) is 0.103. The smallest absolute Gasteiger partial charge is 0.164 e. The van der Waals surface area contributed by atoms with E-state index in [1.54, 1.807) is 0 Å². The second-order valence-corrected chi connectivity index (χ2v) is 4.61. The summed E-state index contributed by atoms with van der Waals surface area (Å²) in [6.07, 6.45) is 1.31. The van der Waals surface area contributed by atoms with Gasteiger partial charge < -0.3 is 15.5 Å². The third-order valence-electron chi connectivity index (χ3n) is 3.43. The second-order valence-electron chi connectivity index (χ2n) is 4.61. The summed E-state index contributed by atoms with van der Waals surface area (Å²) in [5.41, 5.74) is 9.67. The number of nitrogens with two attached hydrogens (primary N) is 1. The Morgan fingerprint density at radius 1 is 1.44 bits per heavy atom. The number of hydrogen-bond acceptors (Lipinski definition) is 3. The second kappa shape index (κ2) is 4.55. The van der Waals surface area contributed by atoms with Crippen LogP contribution in [0.2, 0.25) is 0 Å². The highest BCUT2D eigenvalue weighted by Crippen LogP contribution is 2.27. The molecule has 0 unspecified atom stereocenters.